The smallest absolute Gasteiger partial charge is 0.228 e. The van der Waals surface area contributed by atoms with E-state index in [1.807, 2.05) is 6.08 Å². The summed E-state index contributed by atoms with van der Waals surface area (Å²) in [7, 11) is 1.51. The van der Waals surface area contributed by atoms with Crippen LogP contribution in [0.25, 0.3) is 0 Å². The lowest BCUT2D eigenvalue weighted by atomic mass is 9.82. The van der Waals surface area contributed by atoms with Crippen molar-refractivity contribution in [2.75, 3.05) is 12.4 Å². The molecule has 0 saturated heterocycles. The number of nitrogens with one attached hydrogen (secondary N) is 1. The van der Waals surface area contributed by atoms with Crippen molar-refractivity contribution < 1.29 is 19.4 Å². The Morgan fingerprint density at radius 2 is 1.85 bits per heavy atom. The number of hydrogen-bond donors (Lipinski definition) is 1. The van der Waals surface area contributed by atoms with E-state index in [4.69, 9.17) is 4.74 Å². The van der Waals surface area contributed by atoms with Crippen molar-refractivity contribution in [3.8, 4) is 5.75 Å². The average Bonchev–Trinajstić information content (AvgIpc) is 2.47. The van der Waals surface area contributed by atoms with Crippen LogP contribution in [0.1, 0.15) is 12.8 Å². The topological polar surface area (TPSA) is 78.5 Å². The second-order valence-corrected chi connectivity index (χ2v) is 4.66. The predicted octanol–water partition coefficient (Wildman–Crippen LogP) is 0.966. The number of rotatable bonds is 4. The summed E-state index contributed by atoms with van der Waals surface area (Å²) in [5.41, 5.74) is 0.534. The number of anilines is 1. The van der Waals surface area contributed by atoms with Crippen molar-refractivity contribution in [3.63, 3.8) is 0 Å². The maximum atomic E-state index is 12.3. The van der Waals surface area contributed by atoms with E-state index in [0.717, 1.165) is 0 Å². The molecular formula is C15H16NO4-. The van der Waals surface area contributed by atoms with Gasteiger partial charge in [0.1, 0.15) is 5.75 Å². The molecule has 2 rings (SSSR count). The maximum absolute atomic E-state index is 12.3. The van der Waals surface area contributed by atoms with Gasteiger partial charge in [0.2, 0.25) is 5.91 Å². The van der Waals surface area contributed by atoms with Crippen LogP contribution < -0.4 is 15.2 Å². The van der Waals surface area contributed by atoms with Crippen molar-refractivity contribution >= 4 is 17.6 Å². The number of aliphatic carboxylic acids is 1. The largest absolute Gasteiger partial charge is 0.550 e. The van der Waals surface area contributed by atoms with Gasteiger partial charge >= 0.3 is 0 Å². The molecule has 0 unspecified atom stereocenters. The first kappa shape index (κ1) is 14.1. The standard InChI is InChI=1S/C15H17NO4/c1-20-13-9-5-4-8-12(13)16-14(17)10-6-2-3-7-11(10)15(18)19/h2-5,8-11H,6-7H2,1H3,(H,16,17)(H,18,19)/p-1/t10-,11-/m0/s1. The second-order valence-electron chi connectivity index (χ2n) is 4.66. The summed E-state index contributed by atoms with van der Waals surface area (Å²) in [6.45, 7) is 0. The SMILES string of the molecule is COc1ccccc1NC(=O)[C@H]1CC=CC[C@@H]1C(=O)[O-]. The van der Waals surface area contributed by atoms with Crippen molar-refractivity contribution in [1.82, 2.24) is 0 Å². The number of hydrogen-bond acceptors (Lipinski definition) is 4. The van der Waals surface area contributed by atoms with Crippen molar-refractivity contribution in [3.05, 3.63) is 36.4 Å². The number of para-hydroxylation sites is 2. The van der Waals surface area contributed by atoms with Crippen LogP contribution in [0.3, 0.4) is 0 Å². The van der Waals surface area contributed by atoms with Gasteiger partial charge in [0.15, 0.2) is 0 Å². The van der Waals surface area contributed by atoms with Crippen LogP contribution in [-0.4, -0.2) is 19.0 Å². The summed E-state index contributed by atoms with van der Waals surface area (Å²) in [6, 6.07) is 7.01. The molecule has 0 aromatic heterocycles. The van der Waals surface area contributed by atoms with Gasteiger partial charge in [0, 0.05) is 11.9 Å². The monoisotopic (exact) mass is 274 g/mol. The van der Waals surface area contributed by atoms with E-state index in [1.165, 1.54) is 7.11 Å². The van der Waals surface area contributed by atoms with E-state index in [-0.39, 0.29) is 5.91 Å². The highest BCUT2D eigenvalue weighted by molar-refractivity contribution is 5.96. The maximum Gasteiger partial charge on any atom is 0.228 e. The van der Waals surface area contributed by atoms with Crippen LogP contribution in [0.15, 0.2) is 36.4 Å². The molecule has 0 bridgehead atoms. The van der Waals surface area contributed by atoms with Gasteiger partial charge in [-0.2, -0.15) is 0 Å². The molecule has 0 aliphatic heterocycles. The minimum atomic E-state index is -1.19. The third-order valence-electron chi connectivity index (χ3n) is 3.44. The van der Waals surface area contributed by atoms with Gasteiger partial charge < -0.3 is 20.0 Å². The number of ether oxygens (including phenoxy) is 1. The molecular weight excluding hydrogens is 258 g/mol. The minimum Gasteiger partial charge on any atom is -0.550 e. The molecule has 2 atom stereocenters. The highest BCUT2D eigenvalue weighted by Crippen LogP contribution is 2.29. The van der Waals surface area contributed by atoms with E-state index in [2.05, 4.69) is 5.32 Å². The number of carbonyl (C=O) groups excluding carboxylic acids is 2. The normalized spacial score (nSPS) is 21.2. The molecule has 5 nitrogen and oxygen atoms in total. The zero-order valence-corrected chi connectivity index (χ0v) is 11.2. The van der Waals surface area contributed by atoms with E-state index < -0.39 is 17.8 Å². The molecule has 1 aromatic rings. The Bertz CT molecular complexity index is 538. The van der Waals surface area contributed by atoms with Gasteiger partial charge in [0.25, 0.3) is 0 Å². The molecule has 1 N–H and O–H groups in total. The fourth-order valence-electron chi connectivity index (χ4n) is 2.34. The van der Waals surface area contributed by atoms with Gasteiger partial charge in [-0.15, -0.1) is 0 Å². The number of amides is 1. The number of allylic oxidation sites excluding steroid dienone is 2. The average molecular weight is 274 g/mol. The molecule has 0 heterocycles. The molecule has 0 radical (unpaired) electrons. The number of benzene rings is 1. The summed E-state index contributed by atoms with van der Waals surface area (Å²) < 4.78 is 5.15. The van der Waals surface area contributed by atoms with Gasteiger partial charge in [0.05, 0.1) is 18.7 Å². The second kappa shape index (κ2) is 6.23. The lowest BCUT2D eigenvalue weighted by Crippen LogP contribution is -2.41. The predicted molar refractivity (Wildman–Crippen MR) is 72.0 cm³/mol. The van der Waals surface area contributed by atoms with Crippen molar-refractivity contribution in [2.45, 2.75) is 12.8 Å². The van der Waals surface area contributed by atoms with Gasteiger partial charge in [-0.3, -0.25) is 4.79 Å². The molecule has 20 heavy (non-hydrogen) atoms. The Labute approximate surface area is 117 Å². The Morgan fingerprint density at radius 1 is 1.20 bits per heavy atom. The Balaban J connectivity index is 2.14. The summed E-state index contributed by atoms with van der Waals surface area (Å²) in [6.07, 6.45) is 4.32. The van der Waals surface area contributed by atoms with Gasteiger partial charge in [-0.05, 0) is 25.0 Å². The molecule has 1 aliphatic rings. The molecule has 0 fully saturated rings. The lowest BCUT2D eigenvalue weighted by molar-refractivity contribution is -0.313. The number of methoxy groups -OCH3 is 1. The fourth-order valence-corrected chi connectivity index (χ4v) is 2.34. The molecule has 1 amide bonds. The summed E-state index contributed by atoms with van der Waals surface area (Å²) in [5, 5.41) is 13.8. The van der Waals surface area contributed by atoms with E-state index in [0.29, 0.717) is 24.3 Å². The molecule has 0 saturated carbocycles. The molecule has 1 aliphatic carbocycles. The highest BCUT2D eigenvalue weighted by atomic mass is 16.5. The van der Waals surface area contributed by atoms with E-state index in [9.17, 15) is 14.7 Å². The third-order valence-corrected chi connectivity index (χ3v) is 3.44. The Kier molecular flexibility index (Phi) is 4.40. The first-order valence-electron chi connectivity index (χ1n) is 6.43. The summed E-state index contributed by atoms with van der Waals surface area (Å²) >= 11 is 0. The Morgan fingerprint density at radius 3 is 2.50 bits per heavy atom. The van der Waals surface area contributed by atoms with Crippen LogP contribution >= 0.6 is 0 Å². The van der Waals surface area contributed by atoms with Gasteiger partial charge in [-0.25, -0.2) is 0 Å². The summed E-state index contributed by atoms with van der Waals surface area (Å²) in [4.78, 5) is 23.4. The van der Waals surface area contributed by atoms with Crippen LogP contribution in [0.2, 0.25) is 0 Å². The molecule has 5 heteroatoms. The number of carboxylic acids is 1. The van der Waals surface area contributed by atoms with Crippen LogP contribution in [0.5, 0.6) is 5.75 Å². The molecule has 1 aromatic carbocycles. The van der Waals surface area contributed by atoms with E-state index in [1.54, 1.807) is 30.3 Å². The van der Waals surface area contributed by atoms with Crippen LogP contribution in [0, 0.1) is 11.8 Å². The minimum absolute atomic E-state index is 0.326. The Hall–Kier alpha value is -2.30. The van der Waals surface area contributed by atoms with Crippen LogP contribution in [0.4, 0.5) is 5.69 Å². The van der Waals surface area contributed by atoms with E-state index >= 15 is 0 Å². The highest BCUT2D eigenvalue weighted by Gasteiger charge is 2.30. The number of carbonyl (C=O) groups is 2. The lowest BCUT2D eigenvalue weighted by Gasteiger charge is -2.28. The van der Waals surface area contributed by atoms with Crippen LogP contribution in [-0.2, 0) is 9.59 Å². The van der Waals surface area contributed by atoms with Gasteiger partial charge in [-0.1, -0.05) is 24.3 Å². The third kappa shape index (κ3) is 2.99. The first-order valence-corrected chi connectivity index (χ1v) is 6.43. The first-order chi connectivity index (χ1) is 9.63. The number of carboxylic acid groups (broad SMARTS) is 1. The fraction of sp³-hybridized carbons (Fsp3) is 0.333. The quantitative estimate of drug-likeness (QED) is 0.830. The summed E-state index contributed by atoms with van der Waals surface area (Å²) in [5.74, 6) is -2.37. The molecule has 0 spiro atoms. The zero-order valence-electron chi connectivity index (χ0n) is 11.2. The van der Waals surface area contributed by atoms with Crippen molar-refractivity contribution in [2.24, 2.45) is 11.8 Å². The molecule has 106 valence electrons. The zero-order chi connectivity index (χ0) is 14.5. The van der Waals surface area contributed by atoms with Crippen molar-refractivity contribution in [1.29, 1.82) is 0 Å².